The molecule has 1 aliphatic heterocycles. The van der Waals surface area contributed by atoms with E-state index in [-0.39, 0.29) is 6.04 Å². The van der Waals surface area contributed by atoms with Gasteiger partial charge in [-0.1, -0.05) is 24.3 Å². The van der Waals surface area contributed by atoms with E-state index < -0.39 is 5.91 Å². The van der Waals surface area contributed by atoms with Crippen LogP contribution < -0.4 is 21.5 Å². The van der Waals surface area contributed by atoms with Gasteiger partial charge in [0.15, 0.2) is 5.65 Å². The molecule has 0 radical (unpaired) electrons. The summed E-state index contributed by atoms with van der Waals surface area (Å²) in [7, 11) is 1.60. The fourth-order valence-corrected chi connectivity index (χ4v) is 5.11. The third-order valence-electron chi connectivity index (χ3n) is 6.83. The molecule has 10 heteroatoms. The molecular formula is C26H26N8O2. The minimum Gasteiger partial charge on any atom is -0.495 e. The molecule has 10 nitrogen and oxygen atoms in total. The van der Waals surface area contributed by atoms with Crippen LogP contribution in [0.1, 0.15) is 29.4 Å². The van der Waals surface area contributed by atoms with Crippen LogP contribution in [-0.4, -0.2) is 50.4 Å². The van der Waals surface area contributed by atoms with Crippen LogP contribution in [0.3, 0.4) is 0 Å². The second kappa shape index (κ2) is 8.65. The zero-order valence-electron chi connectivity index (χ0n) is 19.8. The molecule has 1 fully saturated rings. The number of nitrogens with one attached hydrogen (secondary N) is 1. The number of anilines is 1. The first-order valence-electron chi connectivity index (χ1n) is 11.9. The van der Waals surface area contributed by atoms with Crippen molar-refractivity contribution in [1.29, 1.82) is 0 Å². The lowest BCUT2D eigenvalue weighted by atomic mass is 10.1. The van der Waals surface area contributed by atoms with Crippen molar-refractivity contribution < 1.29 is 9.53 Å². The molecule has 3 aromatic heterocycles. The van der Waals surface area contributed by atoms with Crippen LogP contribution >= 0.6 is 0 Å². The highest BCUT2D eigenvalue weighted by Crippen LogP contribution is 2.37. The lowest BCUT2D eigenvalue weighted by molar-refractivity contribution is 0.0994. The van der Waals surface area contributed by atoms with E-state index in [0.29, 0.717) is 28.6 Å². The SMILES string of the molecule is COc1cc(-c2nn(C3CCNCC3)c3ncnc(N)c23)ccc1-n1c(C(N)=O)cc2ccccc21. The molecule has 6 rings (SSSR count). The van der Waals surface area contributed by atoms with Gasteiger partial charge in [-0.25, -0.2) is 14.6 Å². The highest BCUT2D eigenvalue weighted by atomic mass is 16.5. The van der Waals surface area contributed by atoms with E-state index in [1.807, 2.05) is 51.7 Å². The third kappa shape index (κ3) is 3.45. The standard InChI is InChI=1S/C26H26N8O2/c1-36-21-13-16(6-7-19(21)33-18-5-3-2-4-15(18)12-20(33)25(28)35)23-22-24(27)30-14-31-26(22)34(32-23)17-8-10-29-11-9-17/h2-7,12-14,17,29H,8-11H2,1H3,(H2,28,35)(H2,27,30,31). The normalized spacial score (nSPS) is 14.5. The molecule has 0 unspecified atom stereocenters. The van der Waals surface area contributed by atoms with Crippen molar-refractivity contribution in [1.82, 2.24) is 29.6 Å². The summed E-state index contributed by atoms with van der Waals surface area (Å²) < 4.78 is 9.61. The van der Waals surface area contributed by atoms with Gasteiger partial charge in [0.25, 0.3) is 5.91 Å². The molecule has 0 spiro atoms. The topological polar surface area (TPSA) is 139 Å². The van der Waals surface area contributed by atoms with E-state index in [9.17, 15) is 4.79 Å². The maximum absolute atomic E-state index is 12.3. The summed E-state index contributed by atoms with van der Waals surface area (Å²) in [4.78, 5) is 21.1. The molecule has 0 bridgehead atoms. The number of aromatic nitrogens is 5. The fourth-order valence-electron chi connectivity index (χ4n) is 5.11. The fraction of sp³-hybridized carbons (Fsp3) is 0.231. The number of methoxy groups -OCH3 is 1. The highest BCUT2D eigenvalue weighted by Gasteiger charge is 2.25. The van der Waals surface area contributed by atoms with Crippen LogP contribution in [0.15, 0.2) is 54.9 Å². The van der Waals surface area contributed by atoms with Crippen molar-refractivity contribution in [3.05, 3.63) is 60.6 Å². The van der Waals surface area contributed by atoms with Gasteiger partial charge in [0, 0.05) is 10.9 Å². The number of nitrogens with zero attached hydrogens (tertiary/aromatic N) is 5. The Morgan fingerprint density at radius 1 is 1.11 bits per heavy atom. The Hall–Kier alpha value is -4.44. The van der Waals surface area contributed by atoms with E-state index in [1.54, 1.807) is 13.2 Å². The van der Waals surface area contributed by atoms with Gasteiger partial charge < -0.3 is 26.1 Å². The Morgan fingerprint density at radius 3 is 2.69 bits per heavy atom. The van der Waals surface area contributed by atoms with Gasteiger partial charge in [0.2, 0.25) is 0 Å². The lowest BCUT2D eigenvalue weighted by Gasteiger charge is -2.23. The van der Waals surface area contributed by atoms with E-state index in [2.05, 4.69) is 15.3 Å². The molecule has 2 aromatic carbocycles. The van der Waals surface area contributed by atoms with Gasteiger partial charge in [0.05, 0.1) is 29.7 Å². The monoisotopic (exact) mass is 482 g/mol. The third-order valence-corrected chi connectivity index (χ3v) is 6.83. The number of benzene rings is 2. The van der Waals surface area contributed by atoms with Gasteiger partial charge in [-0.2, -0.15) is 5.10 Å². The predicted octanol–water partition coefficient (Wildman–Crippen LogP) is 3.05. The minimum atomic E-state index is -0.519. The number of piperidine rings is 1. The Labute approximate surface area is 206 Å². The van der Waals surface area contributed by atoms with Crippen LogP contribution in [0, 0.1) is 0 Å². The summed E-state index contributed by atoms with van der Waals surface area (Å²) in [6.07, 6.45) is 3.39. The molecule has 4 heterocycles. The highest BCUT2D eigenvalue weighted by molar-refractivity contribution is 6.00. The molecule has 1 amide bonds. The molecule has 0 saturated carbocycles. The van der Waals surface area contributed by atoms with E-state index in [1.165, 1.54) is 6.33 Å². The summed E-state index contributed by atoms with van der Waals surface area (Å²) in [5, 5.41) is 10.00. The number of rotatable bonds is 5. The van der Waals surface area contributed by atoms with Crippen LogP contribution in [-0.2, 0) is 0 Å². The summed E-state index contributed by atoms with van der Waals surface area (Å²) in [5.74, 6) is 0.427. The summed E-state index contributed by atoms with van der Waals surface area (Å²) in [6, 6.07) is 15.5. The molecule has 36 heavy (non-hydrogen) atoms. The number of fused-ring (bicyclic) bond motifs is 2. The molecule has 1 saturated heterocycles. The number of hydrogen-bond donors (Lipinski definition) is 3. The summed E-state index contributed by atoms with van der Waals surface area (Å²) >= 11 is 0. The smallest absolute Gasteiger partial charge is 0.265 e. The number of ether oxygens (including phenoxy) is 1. The summed E-state index contributed by atoms with van der Waals surface area (Å²) in [6.45, 7) is 1.86. The van der Waals surface area contributed by atoms with Crippen LogP contribution in [0.2, 0.25) is 0 Å². The lowest BCUT2D eigenvalue weighted by Crippen LogP contribution is -2.30. The zero-order chi connectivity index (χ0) is 24.8. The van der Waals surface area contributed by atoms with Crippen molar-refractivity contribution in [3.63, 3.8) is 0 Å². The first-order valence-corrected chi connectivity index (χ1v) is 11.9. The summed E-state index contributed by atoms with van der Waals surface area (Å²) in [5.41, 5.74) is 16.2. The number of para-hydroxylation sites is 1. The second-order valence-corrected chi connectivity index (χ2v) is 8.91. The molecular weight excluding hydrogens is 456 g/mol. The van der Waals surface area contributed by atoms with Crippen LogP contribution in [0.4, 0.5) is 5.82 Å². The second-order valence-electron chi connectivity index (χ2n) is 8.91. The molecule has 0 atom stereocenters. The molecule has 0 aliphatic carbocycles. The molecule has 5 aromatic rings. The average molecular weight is 483 g/mol. The number of carbonyl (C=O) groups excluding carboxylic acids is 1. The molecule has 182 valence electrons. The quantitative estimate of drug-likeness (QED) is 0.350. The largest absolute Gasteiger partial charge is 0.495 e. The van der Waals surface area contributed by atoms with Gasteiger partial charge in [0.1, 0.15) is 29.3 Å². The Balaban J connectivity index is 1.54. The van der Waals surface area contributed by atoms with Crippen molar-refractivity contribution in [2.75, 3.05) is 25.9 Å². The first kappa shape index (κ1) is 22.1. The van der Waals surface area contributed by atoms with Gasteiger partial charge >= 0.3 is 0 Å². The van der Waals surface area contributed by atoms with Gasteiger partial charge in [-0.15, -0.1) is 0 Å². The van der Waals surface area contributed by atoms with E-state index in [0.717, 1.165) is 53.4 Å². The van der Waals surface area contributed by atoms with Crippen molar-refractivity contribution in [2.45, 2.75) is 18.9 Å². The maximum Gasteiger partial charge on any atom is 0.265 e. The Morgan fingerprint density at radius 2 is 1.92 bits per heavy atom. The minimum absolute atomic E-state index is 0.224. The molecule has 5 N–H and O–H groups in total. The number of nitrogen functional groups attached to an aromatic ring is 1. The predicted molar refractivity (Wildman–Crippen MR) is 138 cm³/mol. The van der Waals surface area contributed by atoms with Crippen LogP contribution in [0.5, 0.6) is 5.75 Å². The number of primary amides is 1. The van der Waals surface area contributed by atoms with E-state index in [4.69, 9.17) is 21.3 Å². The number of nitrogens with two attached hydrogens (primary N) is 2. The van der Waals surface area contributed by atoms with Gasteiger partial charge in [-0.3, -0.25) is 4.79 Å². The number of hydrogen-bond acceptors (Lipinski definition) is 7. The van der Waals surface area contributed by atoms with Crippen LogP contribution in [0.25, 0.3) is 38.9 Å². The zero-order valence-corrected chi connectivity index (χ0v) is 19.8. The average Bonchev–Trinajstić information content (AvgIpc) is 3.49. The number of carbonyl (C=O) groups is 1. The Bertz CT molecular complexity index is 1610. The van der Waals surface area contributed by atoms with Gasteiger partial charge in [-0.05, 0) is 50.2 Å². The first-order chi connectivity index (χ1) is 17.6. The van der Waals surface area contributed by atoms with Crippen molar-refractivity contribution in [2.24, 2.45) is 5.73 Å². The Kier molecular flexibility index (Phi) is 5.30. The van der Waals surface area contributed by atoms with Crippen molar-refractivity contribution in [3.8, 4) is 22.7 Å². The maximum atomic E-state index is 12.3. The molecule has 1 aliphatic rings. The van der Waals surface area contributed by atoms with E-state index >= 15 is 0 Å². The van der Waals surface area contributed by atoms with Crippen molar-refractivity contribution >= 4 is 33.7 Å². The number of amides is 1.